The van der Waals surface area contributed by atoms with Crippen LogP contribution in [0.2, 0.25) is 0 Å². The molecule has 1 saturated carbocycles. The van der Waals surface area contributed by atoms with E-state index >= 15 is 0 Å². The fourth-order valence-electron chi connectivity index (χ4n) is 3.38. The van der Waals surface area contributed by atoms with E-state index in [1.54, 1.807) is 0 Å². The molecular weight excluding hydrogens is 348 g/mol. The molecule has 0 aliphatic heterocycles. The maximum Gasteiger partial charge on any atom is -0.0303 e. The van der Waals surface area contributed by atoms with E-state index < -0.39 is 0 Å². The fourth-order valence-corrected chi connectivity index (χ4v) is 3.38. The summed E-state index contributed by atoms with van der Waals surface area (Å²) in [5.41, 5.74) is 1.29. The first kappa shape index (κ1) is 33.4. The number of hydrogen-bond acceptors (Lipinski definition) is 0. The molecular formula is C29H62. The zero-order chi connectivity index (χ0) is 23.6. The van der Waals surface area contributed by atoms with Crippen LogP contribution in [0.1, 0.15) is 135 Å². The summed E-state index contributed by atoms with van der Waals surface area (Å²) in [5, 5.41) is 0. The molecule has 0 spiro atoms. The van der Waals surface area contributed by atoms with Crippen molar-refractivity contribution in [3.8, 4) is 0 Å². The Hall–Kier alpha value is -0.260. The quantitative estimate of drug-likeness (QED) is 0.366. The highest BCUT2D eigenvalue weighted by Gasteiger charge is 2.15. The van der Waals surface area contributed by atoms with E-state index in [-0.39, 0.29) is 0 Å². The Labute approximate surface area is 188 Å². The lowest BCUT2D eigenvalue weighted by Gasteiger charge is -2.18. The normalized spacial score (nSPS) is 14.0. The van der Waals surface area contributed by atoms with Crippen molar-refractivity contribution in [2.45, 2.75) is 135 Å². The predicted octanol–water partition coefficient (Wildman–Crippen LogP) is 10.8. The zero-order valence-electron chi connectivity index (χ0n) is 23.2. The van der Waals surface area contributed by atoms with Gasteiger partial charge in [-0.1, -0.05) is 121 Å². The van der Waals surface area contributed by atoms with Gasteiger partial charge in [0.15, 0.2) is 0 Å². The molecule has 0 saturated heterocycles. The highest BCUT2D eigenvalue weighted by atomic mass is 14.2. The van der Waals surface area contributed by atoms with Crippen LogP contribution in [0.5, 0.6) is 0 Å². The highest BCUT2D eigenvalue weighted by molar-refractivity contribution is 4.88. The van der Waals surface area contributed by atoms with Crippen molar-refractivity contribution < 1.29 is 0 Å². The van der Waals surface area contributed by atoms with Gasteiger partial charge in [0.2, 0.25) is 0 Å². The van der Waals surface area contributed by atoms with Crippen LogP contribution in [-0.2, 0) is 0 Å². The standard InChI is InChI=1S/C9H18.C8H18.C7H14.C5H12/c1-8(2)7-9-5-3-4-6-9;1-6(2)8(5)7(3)4;1-6(2)5-7(3)4;1-4-5(2)3/h8-9H,3-7H2,1-2H3;6-8H,1-5H3;7H,1,5H2,2-4H3;5H,4H2,1-3H3. The molecule has 0 bridgehead atoms. The van der Waals surface area contributed by atoms with Gasteiger partial charge in [0.05, 0.1) is 0 Å². The van der Waals surface area contributed by atoms with Crippen molar-refractivity contribution in [2.24, 2.45) is 41.4 Å². The van der Waals surface area contributed by atoms with Crippen molar-refractivity contribution in [3.63, 3.8) is 0 Å². The van der Waals surface area contributed by atoms with Crippen LogP contribution in [0, 0.1) is 41.4 Å². The van der Waals surface area contributed by atoms with Gasteiger partial charge in [0.1, 0.15) is 0 Å². The maximum absolute atomic E-state index is 3.80. The van der Waals surface area contributed by atoms with Gasteiger partial charge in [-0.05, 0) is 61.2 Å². The number of hydrogen-bond donors (Lipinski definition) is 0. The SMILES string of the molecule is C=C(C)CC(C)C.CC(C)C(C)C(C)C.CC(C)CC1CCCC1.CCC(C)C. The summed E-state index contributed by atoms with van der Waals surface area (Å²) in [5.74, 6) is 6.23. The Morgan fingerprint density at radius 1 is 0.724 bits per heavy atom. The minimum absolute atomic E-state index is 0.775. The smallest absolute Gasteiger partial charge is 0.0303 e. The number of allylic oxidation sites excluding steroid dienone is 1. The second-order valence-electron chi connectivity index (χ2n) is 11.5. The van der Waals surface area contributed by atoms with Gasteiger partial charge in [-0.2, -0.15) is 0 Å². The molecule has 0 aromatic heterocycles. The van der Waals surface area contributed by atoms with Crippen LogP contribution in [0.25, 0.3) is 0 Å². The molecule has 1 aliphatic carbocycles. The Balaban J connectivity index is -0.000000318. The van der Waals surface area contributed by atoms with Crippen molar-refractivity contribution in [1.29, 1.82) is 0 Å². The molecule has 0 N–H and O–H groups in total. The van der Waals surface area contributed by atoms with Crippen LogP contribution in [0.4, 0.5) is 0 Å². The van der Waals surface area contributed by atoms with Gasteiger partial charge in [-0.25, -0.2) is 0 Å². The van der Waals surface area contributed by atoms with E-state index in [0.717, 1.165) is 41.4 Å². The van der Waals surface area contributed by atoms with Gasteiger partial charge in [-0.15, -0.1) is 6.58 Å². The van der Waals surface area contributed by atoms with E-state index in [4.69, 9.17) is 0 Å². The van der Waals surface area contributed by atoms with Gasteiger partial charge in [0.25, 0.3) is 0 Å². The Morgan fingerprint density at radius 2 is 1.10 bits per heavy atom. The molecule has 0 nitrogen and oxygen atoms in total. The molecule has 0 unspecified atom stereocenters. The first-order valence-electron chi connectivity index (χ1n) is 12.9. The molecule has 0 aromatic rings. The van der Waals surface area contributed by atoms with Crippen LogP contribution in [0.3, 0.4) is 0 Å². The molecule has 178 valence electrons. The van der Waals surface area contributed by atoms with Crippen molar-refractivity contribution in [2.75, 3.05) is 0 Å². The molecule has 0 heteroatoms. The van der Waals surface area contributed by atoms with E-state index in [1.807, 2.05) is 0 Å². The first-order chi connectivity index (χ1) is 13.2. The summed E-state index contributed by atoms with van der Waals surface area (Å²) in [7, 11) is 0. The predicted molar refractivity (Wildman–Crippen MR) is 140 cm³/mol. The molecule has 0 atom stereocenters. The van der Waals surface area contributed by atoms with Gasteiger partial charge in [-0.3, -0.25) is 0 Å². The first-order valence-corrected chi connectivity index (χ1v) is 12.9. The molecule has 1 aliphatic rings. The maximum atomic E-state index is 3.80. The van der Waals surface area contributed by atoms with Gasteiger partial charge >= 0.3 is 0 Å². The fraction of sp³-hybridized carbons (Fsp3) is 0.931. The third kappa shape index (κ3) is 30.0. The Morgan fingerprint density at radius 3 is 1.24 bits per heavy atom. The van der Waals surface area contributed by atoms with E-state index in [2.05, 4.69) is 96.6 Å². The monoisotopic (exact) mass is 410 g/mol. The molecule has 0 radical (unpaired) electrons. The Bertz CT molecular complexity index is 318. The van der Waals surface area contributed by atoms with E-state index in [0.29, 0.717) is 0 Å². The second kappa shape index (κ2) is 21.0. The molecule has 1 rings (SSSR count). The zero-order valence-corrected chi connectivity index (χ0v) is 23.2. The minimum atomic E-state index is 0.775. The summed E-state index contributed by atoms with van der Waals surface area (Å²) >= 11 is 0. The molecule has 0 aromatic carbocycles. The van der Waals surface area contributed by atoms with Crippen molar-refractivity contribution >= 4 is 0 Å². The molecule has 1 fully saturated rings. The summed E-state index contributed by atoms with van der Waals surface area (Å²) in [6, 6.07) is 0. The van der Waals surface area contributed by atoms with Crippen LogP contribution in [-0.4, -0.2) is 0 Å². The third-order valence-electron chi connectivity index (χ3n) is 5.96. The lowest BCUT2D eigenvalue weighted by molar-refractivity contribution is 0.316. The van der Waals surface area contributed by atoms with Crippen LogP contribution < -0.4 is 0 Å². The van der Waals surface area contributed by atoms with Crippen molar-refractivity contribution in [3.05, 3.63) is 12.2 Å². The van der Waals surface area contributed by atoms with Gasteiger partial charge in [0, 0.05) is 0 Å². The molecule has 29 heavy (non-hydrogen) atoms. The van der Waals surface area contributed by atoms with Crippen LogP contribution >= 0.6 is 0 Å². The third-order valence-corrected chi connectivity index (χ3v) is 5.96. The number of rotatable bonds is 7. The summed E-state index contributed by atoms with van der Waals surface area (Å²) < 4.78 is 0. The average molecular weight is 411 g/mol. The van der Waals surface area contributed by atoms with Crippen LogP contribution in [0.15, 0.2) is 12.2 Å². The van der Waals surface area contributed by atoms with E-state index in [9.17, 15) is 0 Å². The highest BCUT2D eigenvalue weighted by Crippen LogP contribution is 2.29. The summed E-state index contributed by atoms with van der Waals surface area (Å²) in [6.45, 7) is 33.0. The average Bonchev–Trinajstić information content (AvgIpc) is 3.06. The lowest BCUT2D eigenvalue weighted by atomic mass is 9.88. The second-order valence-corrected chi connectivity index (χ2v) is 11.5. The van der Waals surface area contributed by atoms with Crippen molar-refractivity contribution in [1.82, 2.24) is 0 Å². The summed E-state index contributed by atoms with van der Waals surface area (Å²) in [4.78, 5) is 0. The summed E-state index contributed by atoms with van der Waals surface area (Å²) in [6.07, 6.45) is 9.96. The van der Waals surface area contributed by atoms with E-state index in [1.165, 1.54) is 50.5 Å². The lowest BCUT2D eigenvalue weighted by Crippen LogP contribution is -2.10. The molecule has 0 heterocycles. The largest absolute Gasteiger partial charge is 0.100 e. The Kier molecular flexibility index (Phi) is 24.2. The van der Waals surface area contributed by atoms with Gasteiger partial charge < -0.3 is 0 Å². The topological polar surface area (TPSA) is 0 Å². The molecule has 0 amide bonds. The minimum Gasteiger partial charge on any atom is -0.100 e.